The van der Waals surface area contributed by atoms with Gasteiger partial charge in [-0.15, -0.1) is 5.10 Å². The van der Waals surface area contributed by atoms with Crippen LogP contribution in [0.3, 0.4) is 0 Å². The summed E-state index contributed by atoms with van der Waals surface area (Å²) in [6.07, 6.45) is 3.32. The average molecular weight is 299 g/mol. The van der Waals surface area contributed by atoms with Crippen LogP contribution in [0.1, 0.15) is 13.8 Å². The molecule has 0 N–H and O–H groups in total. The predicted octanol–water partition coefficient (Wildman–Crippen LogP) is 1.69. The number of aromatic nitrogens is 3. The lowest BCUT2D eigenvalue weighted by atomic mass is 10.2. The molecule has 0 unspecified atom stereocenters. The fraction of sp³-hybridized carbons (Fsp3) is 0.333. The average Bonchev–Trinajstić information content (AvgIpc) is 3.09. The number of imide groups is 1. The first-order valence-corrected chi connectivity index (χ1v) is 7.15. The number of carbonyl (C=O) groups excluding carboxylic acids is 2. The number of rotatable bonds is 4. The van der Waals surface area contributed by atoms with E-state index in [4.69, 9.17) is 0 Å². The maximum Gasteiger partial charge on any atom is 0.331 e. The van der Waals surface area contributed by atoms with Crippen LogP contribution in [0.25, 0.3) is 5.69 Å². The summed E-state index contributed by atoms with van der Waals surface area (Å²) in [5, 5.41) is 7.65. The van der Waals surface area contributed by atoms with E-state index in [9.17, 15) is 9.59 Å². The highest BCUT2D eigenvalue weighted by molar-refractivity contribution is 6.19. The minimum absolute atomic E-state index is 0.141. The Kier molecular flexibility index (Phi) is 3.62. The molecule has 0 saturated carbocycles. The summed E-state index contributed by atoms with van der Waals surface area (Å²) >= 11 is 0. The van der Waals surface area contributed by atoms with Gasteiger partial charge in [-0.1, -0.05) is 19.1 Å². The molecule has 0 spiro atoms. The highest BCUT2D eigenvalue weighted by Gasteiger charge is 2.37. The van der Waals surface area contributed by atoms with Gasteiger partial charge in [0.05, 0.1) is 23.8 Å². The van der Waals surface area contributed by atoms with Crippen molar-refractivity contribution in [3.8, 4) is 5.69 Å². The van der Waals surface area contributed by atoms with E-state index in [0.717, 1.165) is 5.69 Å². The molecule has 7 heteroatoms. The smallest absolute Gasteiger partial charge is 0.314 e. The van der Waals surface area contributed by atoms with Crippen LogP contribution in [0.15, 0.2) is 36.7 Å². The molecule has 2 aromatic rings. The lowest BCUT2D eigenvalue weighted by molar-refractivity contribution is -0.116. The summed E-state index contributed by atoms with van der Waals surface area (Å²) in [4.78, 5) is 27.3. The van der Waals surface area contributed by atoms with Crippen LogP contribution in [0.2, 0.25) is 0 Å². The molecular formula is C15H17N5O2. The SMILES string of the molecule is CC(C)CN1CC(=O)N(c2ccc(-n3ccnn3)cc2)C1=O. The van der Waals surface area contributed by atoms with Crippen molar-refractivity contribution in [1.82, 2.24) is 19.9 Å². The van der Waals surface area contributed by atoms with Crippen molar-refractivity contribution in [3.05, 3.63) is 36.7 Å². The van der Waals surface area contributed by atoms with Crippen LogP contribution in [0.4, 0.5) is 10.5 Å². The number of hydrogen-bond acceptors (Lipinski definition) is 4. The lowest BCUT2D eigenvalue weighted by Crippen LogP contribution is -2.34. The highest BCUT2D eigenvalue weighted by Crippen LogP contribution is 2.23. The van der Waals surface area contributed by atoms with Crippen molar-refractivity contribution in [2.45, 2.75) is 13.8 Å². The first kappa shape index (κ1) is 14.2. The van der Waals surface area contributed by atoms with Crippen LogP contribution in [0.5, 0.6) is 0 Å². The molecule has 114 valence electrons. The zero-order valence-corrected chi connectivity index (χ0v) is 12.5. The number of carbonyl (C=O) groups is 2. The predicted molar refractivity (Wildman–Crippen MR) is 80.7 cm³/mol. The second-order valence-electron chi connectivity index (χ2n) is 5.65. The number of nitrogens with zero attached hydrogens (tertiary/aromatic N) is 5. The topological polar surface area (TPSA) is 71.3 Å². The Hall–Kier alpha value is -2.70. The van der Waals surface area contributed by atoms with Crippen LogP contribution in [0, 0.1) is 5.92 Å². The number of hydrogen-bond donors (Lipinski definition) is 0. The molecular weight excluding hydrogens is 282 g/mol. The third kappa shape index (κ3) is 2.57. The van der Waals surface area contributed by atoms with Gasteiger partial charge in [0.25, 0.3) is 5.91 Å². The van der Waals surface area contributed by atoms with Gasteiger partial charge in [-0.3, -0.25) is 4.79 Å². The number of anilines is 1. The van der Waals surface area contributed by atoms with Gasteiger partial charge in [-0.25, -0.2) is 14.4 Å². The molecule has 7 nitrogen and oxygen atoms in total. The molecule has 22 heavy (non-hydrogen) atoms. The standard InChI is InChI=1S/C15H17N5O2/c1-11(2)9-18-10-14(21)20(15(18)22)13-5-3-12(4-6-13)19-8-7-16-17-19/h3-8,11H,9-10H2,1-2H3. The van der Waals surface area contributed by atoms with Crippen molar-refractivity contribution in [2.75, 3.05) is 18.0 Å². The van der Waals surface area contributed by atoms with Crippen LogP contribution in [-0.2, 0) is 4.79 Å². The maximum absolute atomic E-state index is 12.4. The van der Waals surface area contributed by atoms with Crippen LogP contribution in [-0.4, -0.2) is 44.9 Å². The second kappa shape index (κ2) is 5.59. The van der Waals surface area contributed by atoms with Crippen molar-refractivity contribution < 1.29 is 9.59 Å². The van der Waals surface area contributed by atoms with Gasteiger partial charge in [-0.05, 0) is 30.2 Å². The molecule has 0 aliphatic carbocycles. The van der Waals surface area contributed by atoms with E-state index in [1.165, 1.54) is 4.90 Å². The van der Waals surface area contributed by atoms with E-state index in [1.807, 2.05) is 13.8 Å². The molecule has 1 aliphatic heterocycles. The molecule has 1 fully saturated rings. The molecule has 1 aromatic carbocycles. The number of urea groups is 1. The van der Waals surface area contributed by atoms with E-state index in [-0.39, 0.29) is 18.5 Å². The largest absolute Gasteiger partial charge is 0.331 e. The van der Waals surface area contributed by atoms with E-state index in [1.54, 1.807) is 46.2 Å². The zero-order chi connectivity index (χ0) is 15.7. The van der Waals surface area contributed by atoms with Gasteiger partial charge >= 0.3 is 6.03 Å². The minimum atomic E-state index is -0.257. The second-order valence-corrected chi connectivity index (χ2v) is 5.65. The Morgan fingerprint density at radius 3 is 2.41 bits per heavy atom. The van der Waals surface area contributed by atoms with E-state index in [0.29, 0.717) is 18.2 Å². The molecule has 1 saturated heterocycles. The van der Waals surface area contributed by atoms with Gasteiger partial charge < -0.3 is 4.90 Å². The molecule has 2 heterocycles. The van der Waals surface area contributed by atoms with Gasteiger partial charge in [0, 0.05) is 6.54 Å². The highest BCUT2D eigenvalue weighted by atomic mass is 16.2. The lowest BCUT2D eigenvalue weighted by Gasteiger charge is -2.18. The first-order valence-electron chi connectivity index (χ1n) is 7.15. The van der Waals surface area contributed by atoms with Crippen molar-refractivity contribution in [1.29, 1.82) is 0 Å². The Balaban J connectivity index is 1.82. The molecule has 3 amide bonds. The summed E-state index contributed by atoms with van der Waals surface area (Å²) in [6, 6.07) is 6.83. The van der Waals surface area contributed by atoms with E-state index in [2.05, 4.69) is 10.3 Å². The monoisotopic (exact) mass is 299 g/mol. The summed E-state index contributed by atoms with van der Waals surface area (Å²) in [5.41, 5.74) is 1.39. The van der Waals surface area contributed by atoms with E-state index >= 15 is 0 Å². The Labute approximate surface area is 128 Å². The molecule has 0 bridgehead atoms. The molecule has 1 aliphatic rings. The quantitative estimate of drug-likeness (QED) is 0.805. The van der Waals surface area contributed by atoms with Gasteiger partial charge in [0.2, 0.25) is 0 Å². The molecule has 1 aromatic heterocycles. The van der Waals surface area contributed by atoms with Gasteiger partial charge in [-0.2, -0.15) is 0 Å². The summed E-state index contributed by atoms with van der Waals surface area (Å²) < 4.78 is 1.61. The third-order valence-corrected chi connectivity index (χ3v) is 3.42. The first-order chi connectivity index (χ1) is 10.6. The van der Waals surface area contributed by atoms with Crippen LogP contribution < -0.4 is 4.90 Å². The van der Waals surface area contributed by atoms with Gasteiger partial charge in [0.15, 0.2) is 0 Å². The molecule has 0 radical (unpaired) electrons. The number of benzene rings is 1. The van der Waals surface area contributed by atoms with Gasteiger partial charge in [0.1, 0.15) is 6.54 Å². The summed E-state index contributed by atoms with van der Waals surface area (Å²) in [5.74, 6) is 0.130. The zero-order valence-electron chi connectivity index (χ0n) is 12.5. The maximum atomic E-state index is 12.4. The van der Waals surface area contributed by atoms with E-state index < -0.39 is 0 Å². The summed E-state index contributed by atoms with van der Waals surface area (Å²) in [6.45, 7) is 4.76. The Morgan fingerprint density at radius 2 is 1.82 bits per heavy atom. The van der Waals surface area contributed by atoms with Crippen molar-refractivity contribution in [2.24, 2.45) is 5.92 Å². The normalized spacial score (nSPS) is 15.2. The fourth-order valence-electron chi connectivity index (χ4n) is 2.49. The molecule has 0 atom stereocenters. The van der Waals surface area contributed by atoms with Crippen LogP contribution >= 0.6 is 0 Å². The fourth-order valence-corrected chi connectivity index (χ4v) is 2.49. The molecule has 3 rings (SSSR count). The number of amides is 3. The summed E-state index contributed by atoms with van der Waals surface area (Å²) in [7, 11) is 0. The Morgan fingerprint density at radius 1 is 1.14 bits per heavy atom. The minimum Gasteiger partial charge on any atom is -0.314 e. The third-order valence-electron chi connectivity index (χ3n) is 3.42. The van der Waals surface area contributed by atoms with Crippen molar-refractivity contribution in [3.63, 3.8) is 0 Å². The van der Waals surface area contributed by atoms with Crippen molar-refractivity contribution >= 4 is 17.6 Å². The Bertz CT molecular complexity index is 678.